The summed E-state index contributed by atoms with van der Waals surface area (Å²) in [5.74, 6) is -0.960. The van der Waals surface area contributed by atoms with Gasteiger partial charge in [0.15, 0.2) is 0 Å². The van der Waals surface area contributed by atoms with Crippen LogP contribution in [0.4, 0.5) is 0 Å². The van der Waals surface area contributed by atoms with Crippen molar-refractivity contribution in [1.82, 2.24) is 30.7 Å². The molecular weight excluding hydrogens is 412 g/mol. The number of piperidine rings is 2. The number of nitrogens with one attached hydrogen (secondary N) is 3. The number of hydrogen-bond donors (Lipinski definition) is 3. The van der Waals surface area contributed by atoms with Gasteiger partial charge in [-0.1, -0.05) is 0 Å². The maximum absolute atomic E-state index is 13.3. The molecule has 0 radical (unpaired) electrons. The SMILES string of the molecule is O=C1NCCCC1NC(=O)C1CN(C(=O)C2CCNCC2)CCN1C(=O)c1cccnc1. The zero-order valence-corrected chi connectivity index (χ0v) is 18.1. The zero-order valence-electron chi connectivity index (χ0n) is 18.1. The Bertz CT molecular complexity index is 857. The fourth-order valence-electron chi connectivity index (χ4n) is 4.61. The Morgan fingerprint density at radius 1 is 1.09 bits per heavy atom. The first-order valence-corrected chi connectivity index (χ1v) is 11.3. The number of amides is 4. The highest BCUT2D eigenvalue weighted by Crippen LogP contribution is 2.20. The number of piperazine rings is 1. The Hall–Kier alpha value is -3.01. The van der Waals surface area contributed by atoms with E-state index < -0.39 is 18.0 Å². The van der Waals surface area contributed by atoms with Gasteiger partial charge in [-0.05, 0) is 50.9 Å². The van der Waals surface area contributed by atoms with Gasteiger partial charge in [0.2, 0.25) is 17.7 Å². The summed E-state index contributed by atoms with van der Waals surface area (Å²) < 4.78 is 0. The number of rotatable bonds is 4. The van der Waals surface area contributed by atoms with Gasteiger partial charge in [0.05, 0.1) is 12.1 Å². The van der Waals surface area contributed by atoms with E-state index in [0.717, 1.165) is 32.4 Å². The van der Waals surface area contributed by atoms with Gasteiger partial charge < -0.3 is 25.8 Å². The van der Waals surface area contributed by atoms with Crippen molar-refractivity contribution in [2.24, 2.45) is 5.92 Å². The van der Waals surface area contributed by atoms with Gasteiger partial charge in [-0.3, -0.25) is 24.2 Å². The van der Waals surface area contributed by atoms with Crippen LogP contribution in [0.5, 0.6) is 0 Å². The molecule has 3 aliphatic rings. The molecule has 4 heterocycles. The van der Waals surface area contributed by atoms with Gasteiger partial charge in [-0.25, -0.2) is 0 Å². The second-order valence-corrected chi connectivity index (χ2v) is 8.56. The number of aromatic nitrogens is 1. The van der Waals surface area contributed by atoms with E-state index in [-0.39, 0.29) is 36.7 Å². The van der Waals surface area contributed by atoms with Crippen LogP contribution in [0.3, 0.4) is 0 Å². The van der Waals surface area contributed by atoms with E-state index in [2.05, 4.69) is 20.9 Å². The molecule has 3 saturated heterocycles. The lowest BCUT2D eigenvalue weighted by Gasteiger charge is -2.42. The topological polar surface area (TPSA) is 124 Å². The van der Waals surface area contributed by atoms with Crippen molar-refractivity contribution >= 4 is 23.6 Å². The molecule has 2 atom stereocenters. The van der Waals surface area contributed by atoms with Crippen molar-refractivity contribution in [3.63, 3.8) is 0 Å². The highest BCUT2D eigenvalue weighted by molar-refractivity contribution is 5.99. The zero-order chi connectivity index (χ0) is 22.5. The number of hydrogen-bond acceptors (Lipinski definition) is 6. The molecule has 4 rings (SSSR count). The van der Waals surface area contributed by atoms with Crippen LogP contribution in [0, 0.1) is 5.92 Å². The first-order valence-electron chi connectivity index (χ1n) is 11.3. The van der Waals surface area contributed by atoms with Crippen LogP contribution in [0.25, 0.3) is 0 Å². The molecule has 2 unspecified atom stereocenters. The predicted octanol–water partition coefficient (Wildman–Crippen LogP) is -0.871. The number of nitrogens with zero attached hydrogens (tertiary/aromatic N) is 3. The molecule has 3 N–H and O–H groups in total. The molecular formula is C22H30N6O4. The van der Waals surface area contributed by atoms with Crippen LogP contribution in [0.15, 0.2) is 24.5 Å². The van der Waals surface area contributed by atoms with Crippen LogP contribution in [0.1, 0.15) is 36.0 Å². The quantitative estimate of drug-likeness (QED) is 0.557. The molecule has 1 aromatic heterocycles. The minimum atomic E-state index is -0.864. The fraction of sp³-hybridized carbons (Fsp3) is 0.591. The van der Waals surface area contributed by atoms with Crippen molar-refractivity contribution < 1.29 is 19.2 Å². The van der Waals surface area contributed by atoms with Gasteiger partial charge in [0.1, 0.15) is 12.1 Å². The molecule has 10 nitrogen and oxygen atoms in total. The summed E-state index contributed by atoms with van der Waals surface area (Å²) in [5.41, 5.74) is 0.388. The smallest absolute Gasteiger partial charge is 0.256 e. The Balaban J connectivity index is 1.51. The summed E-state index contributed by atoms with van der Waals surface area (Å²) in [5, 5.41) is 8.82. The van der Waals surface area contributed by atoms with E-state index in [0.29, 0.717) is 25.1 Å². The van der Waals surface area contributed by atoms with Crippen LogP contribution in [0.2, 0.25) is 0 Å². The van der Waals surface area contributed by atoms with Crippen molar-refractivity contribution in [2.45, 2.75) is 37.8 Å². The van der Waals surface area contributed by atoms with E-state index in [1.807, 2.05) is 0 Å². The molecule has 3 aliphatic heterocycles. The number of carbonyl (C=O) groups excluding carboxylic acids is 4. The minimum absolute atomic E-state index is 0.0354. The highest BCUT2D eigenvalue weighted by atomic mass is 16.2. The third kappa shape index (κ3) is 4.90. The molecule has 0 bridgehead atoms. The van der Waals surface area contributed by atoms with Crippen LogP contribution < -0.4 is 16.0 Å². The second-order valence-electron chi connectivity index (χ2n) is 8.56. The van der Waals surface area contributed by atoms with Crippen LogP contribution in [-0.2, 0) is 14.4 Å². The van der Waals surface area contributed by atoms with E-state index in [4.69, 9.17) is 0 Å². The summed E-state index contributed by atoms with van der Waals surface area (Å²) in [6.07, 6.45) is 5.93. The first-order chi connectivity index (χ1) is 15.5. The predicted molar refractivity (Wildman–Crippen MR) is 115 cm³/mol. The van der Waals surface area contributed by atoms with E-state index in [9.17, 15) is 19.2 Å². The van der Waals surface area contributed by atoms with Crippen molar-refractivity contribution in [1.29, 1.82) is 0 Å². The summed E-state index contributed by atoms with van der Waals surface area (Å²) in [6, 6.07) is 1.84. The first kappa shape index (κ1) is 22.2. The van der Waals surface area contributed by atoms with Gasteiger partial charge in [0, 0.05) is 37.9 Å². The molecule has 10 heteroatoms. The largest absolute Gasteiger partial charge is 0.354 e. The Kier molecular flexibility index (Phi) is 6.99. The second kappa shape index (κ2) is 10.1. The lowest BCUT2D eigenvalue weighted by atomic mass is 9.95. The van der Waals surface area contributed by atoms with Crippen molar-refractivity contribution in [3.05, 3.63) is 30.1 Å². The normalized spacial score (nSPS) is 24.6. The van der Waals surface area contributed by atoms with Gasteiger partial charge in [-0.2, -0.15) is 0 Å². The molecule has 0 spiro atoms. The lowest BCUT2D eigenvalue weighted by Crippen LogP contribution is -2.64. The summed E-state index contributed by atoms with van der Waals surface area (Å²) in [7, 11) is 0. The third-order valence-electron chi connectivity index (χ3n) is 6.45. The molecule has 0 aromatic carbocycles. The average Bonchev–Trinajstić information content (AvgIpc) is 2.85. The van der Waals surface area contributed by atoms with Gasteiger partial charge in [0.25, 0.3) is 5.91 Å². The standard InChI is InChI=1S/C22H30N6O4/c29-19-17(4-2-8-25-19)26-20(30)18-14-27(21(31)15-5-9-23-10-6-15)11-12-28(18)22(32)16-3-1-7-24-13-16/h1,3,7,13,15,17-18,23H,2,4-6,8-12,14H2,(H,25,29)(H,26,30). The number of carbonyl (C=O) groups is 4. The molecule has 1 aromatic rings. The molecule has 0 aliphatic carbocycles. The molecule has 32 heavy (non-hydrogen) atoms. The van der Waals surface area contributed by atoms with Crippen LogP contribution >= 0.6 is 0 Å². The third-order valence-corrected chi connectivity index (χ3v) is 6.45. The van der Waals surface area contributed by atoms with E-state index in [1.54, 1.807) is 23.2 Å². The minimum Gasteiger partial charge on any atom is -0.354 e. The van der Waals surface area contributed by atoms with Gasteiger partial charge in [-0.15, -0.1) is 0 Å². The van der Waals surface area contributed by atoms with Crippen molar-refractivity contribution in [2.75, 3.05) is 39.3 Å². The van der Waals surface area contributed by atoms with E-state index in [1.165, 1.54) is 11.1 Å². The molecule has 3 fully saturated rings. The Morgan fingerprint density at radius 3 is 2.62 bits per heavy atom. The molecule has 172 valence electrons. The Morgan fingerprint density at radius 2 is 1.91 bits per heavy atom. The van der Waals surface area contributed by atoms with Crippen molar-refractivity contribution in [3.8, 4) is 0 Å². The average molecular weight is 443 g/mol. The monoisotopic (exact) mass is 442 g/mol. The maximum Gasteiger partial charge on any atom is 0.256 e. The molecule has 0 saturated carbocycles. The Labute approximate surface area is 187 Å². The van der Waals surface area contributed by atoms with E-state index >= 15 is 0 Å². The number of pyridine rings is 1. The summed E-state index contributed by atoms with van der Waals surface area (Å²) >= 11 is 0. The lowest BCUT2D eigenvalue weighted by molar-refractivity contribution is -0.142. The summed E-state index contributed by atoms with van der Waals surface area (Å²) in [4.78, 5) is 58.9. The summed E-state index contributed by atoms with van der Waals surface area (Å²) in [6.45, 7) is 2.95. The van der Waals surface area contributed by atoms with Crippen LogP contribution in [-0.4, -0.2) is 89.8 Å². The van der Waals surface area contributed by atoms with Gasteiger partial charge >= 0.3 is 0 Å². The fourth-order valence-corrected chi connectivity index (χ4v) is 4.61. The highest BCUT2D eigenvalue weighted by Gasteiger charge is 2.40. The maximum atomic E-state index is 13.3. The molecule has 4 amide bonds.